The van der Waals surface area contributed by atoms with Gasteiger partial charge in [0.15, 0.2) is 0 Å². The lowest BCUT2D eigenvalue weighted by Gasteiger charge is -2.13. The minimum atomic E-state index is 1.09. The third-order valence-corrected chi connectivity index (χ3v) is 3.02. The van der Waals surface area contributed by atoms with E-state index in [9.17, 15) is 0 Å². The third kappa shape index (κ3) is 2.05. The molecule has 0 N–H and O–H groups in total. The SMILES string of the molecule is C=Cc1ccc(C=C)c(-c2ccccc2)c1C=C. The second-order valence-corrected chi connectivity index (χ2v) is 4.01. The van der Waals surface area contributed by atoms with Gasteiger partial charge in [0.1, 0.15) is 0 Å². The third-order valence-electron chi connectivity index (χ3n) is 3.02. The minimum Gasteiger partial charge on any atom is -0.0984 e. The molecule has 88 valence electrons. The van der Waals surface area contributed by atoms with E-state index in [1.54, 1.807) is 0 Å². The Morgan fingerprint density at radius 2 is 1.28 bits per heavy atom. The second kappa shape index (κ2) is 5.33. The van der Waals surface area contributed by atoms with Gasteiger partial charge in [-0.25, -0.2) is 0 Å². The van der Waals surface area contributed by atoms with Crippen molar-refractivity contribution in [1.29, 1.82) is 0 Å². The largest absolute Gasteiger partial charge is 0.0984 e. The van der Waals surface area contributed by atoms with Crippen LogP contribution in [-0.4, -0.2) is 0 Å². The molecule has 2 aromatic rings. The van der Waals surface area contributed by atoms with E-state index >= 15 is 0 Å². The molecule has 0 aliphatic heterocycles. The normalized spacial score (nSPS) is 9.78. The van der Waals surface area contributed by atoms with Crippen LogP contribution in [0.3, 0.4) is 0 Å². The van der Waals surface area contributed by atoms with Crippen LogP contribution in [0, 0.1) is 0 Å². The summed E-state index contributed by atoms with van der Waals surface area (Å²) in [5, 5.41) is 0. The molecule has 2 rings (SSSR count). The summed E-state index contributed by atoms with van der Waals surface area (Å²) in [7, 11) is 0. The maximum atomic E-state index is 3.92. The van der Waals surface area contributed by atoms with Gasteiger partial charge in [0.05, 0.1) is 0 Å². The van der Waals surface area contributed by atoms with Crippen LogP contribution >= 0.6 is 0 Å². The van der Waals surface area contributed by atoms with Crippen LogP contribution in [0.25, 0.3) is 29.4 Å². The van der Waals surface area contributed by atoms with Gasteiger partial charge < -0.3 is 0 Å². The number of rotatable bonds is 4. The summed E-state index contributed by atoms with van der Waals surface area (Å²) >= 11 is 0. The summed E-state index contributed by atoms with van der Waals surface area (Å²) in [4.78, 5) is 0. The predicted molar refractivity (Wildman–Crippen MR) is 82.2 cm³/mol. The zero-order valence-corrected chi connectivity index (χ0v) is 10.4. The van der Waals surface area contributed by atoms with Crippen LogP contribution < -0.4 is 0 Å². The Morgan fingerprint density at radius 1 is 0.667 bits per heavy atom. The van der Waals surface area contributed by atoms with Crippen molar-refractivity contribution in [2.24, 2.45) is 0 Å². The highest BCUT2D eigenvalue weighted by Gasteiger charge is 2.09. The molecular formula is C18H16. The van der Waals surface area contributed by atoms with E-state index in [4.69, 9.17) is 0 Å². The van der Waals surface area contributed by atoms with Crippen molar-refractivity contribution in [1.82, 2.24) is 0 Å². The van der Waals surface area contributed by atoms with E-state index in [1.807, 2.05) is 42.5 Å². The molecule has 0 heterocycles. The lowest BCUT2D eigenvalue weighted by Crippen LogP contribution is -1.91. The molecule has 0 bridgehead atoms. The highest BCUT2D eigenvalue weighted by molar-refractivity contribution is 5.86. The van der Waals surface area contributed by atoms with Crippen molar-refractivity contribution in [3.8, 4) is 11.1 Å². The van der Waals surface area contributed by atoms with Crippen molar-refractivity contribution in [2.45, 2.75) is 0 Å². The molecule has 0 saturated heterocycles. The molecule has 0 fully saturated rings. The summed E-state index contributed by atoms with van der Waals surface area (Å²) in [6.07, 6.45) is 5.62. The van der Waals surface area contributed by atoms with E-state index < -0.39 is 0 Å². The van der Waals surface area contributed by atoms with Gasteiger partial charge in [-0.1, -0.05) is 80.4 Å². The summed E-state index contributed by atoms with van der Waals surface area (Å²) in [5.41, 5.74) is 5.65. The van der Waals surface area contributed by atoms with Crippen LogP contribution in [-0.2, 0) is 0 Å². The van der Waals surface area contributed by atoms with E-state index in [-0.39, 0.29) is 0 Å². The Labute approximate surface area is 109 Å². The van der Waals surface area contributed by atoms with Gasteiger partial charge in [0.2, 0.25) is 0 Å². The molecule has 0 atom stereocenters. The summed E-state index contributed by atoms with van der Waals surface area (Å²) in [6.45, 7) is 11.7. The fraction of sp³-hybridized carbons (Fsp3) is 0. The smallest absolute Gasteiger partial charge is 0.00333 e. The predicted octanol–water partition coefficient (Wildman–Crippen LogP) is 5.28. The molecular weight excluding hydrogens is 216 g/mol. The van der Waals surface area contributed by atoms with Crippen molar-refractivity contribution in [2.75, 3.05) is 0 Å². The summed E-state index contributed by atoms with van der Waals surface area (Å²) < 4.78 is 0. The average Bonchev–Trinajstić information content (AvgIpc) is 2.46. The van der Waals surface area contributed by atoms with Crippen LogP contribution in [0.5, 0.6) is 0 Å². The highest BCUT2D eigenvalue weighted by atomic mass is 14.1. The molecule has 0 saturated carbocycles. The average molecular weight is 232 g/mol. The molecule has 0 spiro atoms. The maximum Gasteiger partial charge on any atom is -0.00333 e. The van der Waals surface area contributed by atoms with E-state index in [0.717, 1.165) is 22.3 Å². The highest BCUT2D eigenvalue weighted by Crippen LogP contribution is 2.32. The molecule has 0 aliphatic rings. The Bertz CT molecular complexity index is 589. The molecule has 0 amide bonds. The van der Waals surface area contributed by atoms with Crippen molar-refractivity contribution >= 4 is 18.2 Å². The number of hydrogen-bond acceptors (Lipinski definition) is 0. The van der Waals surface area contributed by atoms with Gasteiger partial charge in [0.25, 0.3) is 0 Å². The fourth-order valence-corrected chi connectivity index (χ4v) is 2.15. The Balaban J connectivity index is 2.81. The van der Waals surface area contributed by atoms with E-state index in [0.29, 0.717) is 0 Å². The molecule has 0 unspecified atom stereocenters. The molecule has 18 heavy (non-hydrogen) atoms. The maximum absolute atomic E-state index is 3.92. The monoisotopic (exact) mass is 232 g/mol. The van der Waals surface area contributed by atoms with Gasteiger partial charge in [-0.3, -0.25) is 0 Å². The number of benzene rings is 2. The summed E-state index contributed by atoms with van der Waals surface area (Å²) in [6, 6.07) is 14.4. The van der Waals surface area contributed by atoms with Gasteiger partial charge in [-0.05, 0) is 27.8 Å². The van der Waals surface area contributed by atoms with E-state index in [2.05, 4.69) is 37.9 Å². The first-order chi connectivity index (χ1) is 8.81. The van der Waals surface area contributed by atoms with Crippen LogP contribution in [0.2, 0.25) is 0 Å². The molecule has 0 nitrogen and oxygen atoms in total. The van der Waals surface area contributed by atoms with Crippen molar-refractivity contribution in [3.05, 3.63) is 78.9 Å². The van der Waals surface area contributed by atoms with Gasteiger partial charge in [-0.2, -0.15) is 0 Å². The first-order valence-electron chi connectivity index (χ1n) is 5.91. The second-order valence-electron chi connectivity index (χ2n) is 4.01. The zero-order chi connectivity index (χ0) is 13.0. The molecule has 0 heteroatoms. The standard InChI is InChI=1S/C18H16/c1-4-14-12-13-15(5-2)18(17(14)6-3)16-10-8-7-9-11-16/h4-13H,1-3H2. The fourth-order valence-electron chi connectivity index (χ4n) is 2.15. The van der Waals surface area contributed by atoms with Gasteiger partial charge in [-0.15, -0.1) is 0 Å². The molecule has 0 aliphatic carbocycles. The quantitative estimate of drug-likeness (QED) is 0.672. The van der Waals surface area contributed by atoms with Gasteiger partial charge >= 0.3 is 0 Å². The number of hydrogen-bond donors (Lipinski definition) is 0. The topological polar surface area (TPSA) is 0 Å². The lowest BCUT2D eigenvalue weighted by molar-refractivity contribution is 1.54. The van der Waals surface area contributed by atoms with Crippen molar-refractivity contribution < 1.29 is 0 Å². The Morgan fingerprint density at radius 3 is 1.83 bits per heavy atom. The minimum absolute atomic E-state index is 1.09. The molecule has 0 radical (unpaired) electrons. The molecule has 2 aromatic carbocycles. The van der Waals surface area contributed by atoms with Crippen LogP contribution in [0.4, 0.5) is 0 Å². The van der Waals surface area contributed by atoms with Gasteiger partial charge in [0, 0.05) is 0 Å². The zero-order valence-electron chi connectivity index (χ0n) is 10.4. The first kappa shape index (κ1) is 12.1. The lowest BCUT2D eigenvalue weighted by atomic mass is 9.91. The van der Waals surface area contributed by atoms with Crippen molar-refractivity contribution in [3.63, 3.8) is 0 Å². The van der Waals surface area contributed by atoms with Crippen LogP contribution in [0.1, 0.15) is 16.7 Å². The summed E-state index contributed by atoms with van der Waals surface area (Å²) in [5.74, 6) is 0. The van der Waals surface area contributed by atoms with Crippen LogP contribution in [0.15, 0.2) is 62.2 Å². The first-order valence-corrected chi connectivity index (χ1v) is 5.91. The van der Waals surface area contributed by atoms with E-state index in [1.165, 1.54) is 5.56 Å². The Kier molecular flexibility index (Phi) is 3.59. The Hall–Kier alpha value is -2.34. The molecule has 0 aromatic heterocycles.